The first-order valence-corrected chi connectivity index (χ1v) is 6.57. The Bertz CT molecular complexity index is 476. The summed E-state index contributed by atoms with van der Waals surface area (Å²) in [4.78, 5) is 11.9. The number of halogens is 2. The molecule has 0 radical (unpaired) electrons. The van der Waals surface area contributed by atoms with Gasteiger partial charge in [-0.05, 0) is 31.0 Å². The molecule has 104 valence electrons. The largest absolute Gasteiger partial charge is 0.394 e. The second kappa shape index (κ2) is 5.75. The lowest BCUT2D eigenvalue weighted by atomic mass is 9.99. The van der Waals surface area contributed by atoms with Crippen molar-refractivity contribution in [1.29, 1.82) is 0 Å². The lowest BCUT2D eigenvalue weighted by Crippen LogP contribution is -2.50. The van der Waals surface area contributed by atoms with E-state index in [0.29, 0.717) is 5.69 Å². The summed E-state index contributed by atoms with van der Waals surface area (Å²) in [6.45, 7) is -0.0857. The fourth-order valence-electron chi connectivity index (χ4n) is 2.36. The maximum absolute atomic E-state index is 12.9. The summed E-state index contributed by atoms with van der Waals surface area (Å²) >= 11 is 5.83. The molecule has 1 fully saturated rings. The number of carbonyl (C=O) groups excluding carboxylic acids is 1. The predicted molar refractivity (Wildman–Crippen MR) is 71.8 cm³/mol. The number of nitrogens with one attached hydrogen (secondary N) is 2. The highest BCUT2D eigenvalue weighted by molar-refractivity contribution is 6.33. The summed E-state index contributed by atoms with van der Waals surface area (Å²) in [5.41, 5.74) is -0.206. The van der Waals surface area contributed by atoms with Gasteiger partial charge in [0.1, 0.15) is 5.82 Å². The van der Waals surface area contributed by atoms with Gasteiger partial charge in [0.2, 0.25) is 0 Å². The minimum Gasteiger partial charge on any atom is -0.394 e. The number of amides is 2. The summed E-state index contributed by atoms with van der Waals surface area (Å²) in [6.07, 6.45) is 3.48. The quantitative estimate of drug-likeness (QED) is 0.800. The number of rotatable bonds is 3. The molecule has 0 aromatic heterocycles. The average Bonchev–Trinajstić information content (AvgIpc) is 2.82. The van der Waals surface area contributed by atoms with Gasteiger partial charge in [0.25, 0.3) is 0 Å². The van der Waals surface area contributed by atoms with Gasteiger partial charge >= 0.3 is 6.03 Å². The summed E-state index contributed by atoms with van der Waals surface area (Å²) < 4.78 is 12.9. The van der Waals surface area contributed by atoms with Crippen LogP contribution in [0.2, 0.25) is 5.02 Å². The first kappa shape index (κ1) is 14.1. The highest BCUT2D eigenvalue weighted by atomic mass is 35.5. The van der Waals surface area contributed by atoms with Crippen LogP contribution >= 0.6 is 11.6 Å². The summed E-state index contributed by atoms with van der Waals surface area (Å²) in [5, 5.41) is 14.9. The van der Waals surface area contributed by atoms with Crippen molar-refractivity contribution in [3.63, 3.8) is 0 Å². The van der Waals surface area contributed by atoms with Crippen molar-refractivity contribution in [3.8, 4) is 0 Å². The first-order chi connectivity index (χ1) is 9.04. The van der Waals surface area contributed by atoms with Gasteiger partial charge in [0.05, 0.1) is 22.9 Å². The molecule has 0 heterocycles. The zero-order chi connectivity index (χ0) is 13.9. The van der Waals surface area contributed by atoms with Crippen molar-refractivity contribution in [3.05, 3.63) is 29.0 Å². The number of aliphatic hydroxyl groups excluding tert-OH is 1. The number of hydrogen-bond donors (Lipinski definition) is 3. The van der Waals surface area contributed by atoms with E-state index < -0.39 is 17.4 Å². The van der Waals surface area contributed by atoms with E-state index >= 15 is 0 Å². The van der Waals surface area contributed by atoms with Crippen molar-refractivity contribution in [2.75, 3.05) is 11.9 Å². The molecule has 4 nitrogen and oxygen atoms in total. The summed E-state index contributed by atoms with van der Waals surface area (Å²) in [7, 11) is 0. The van der Waals surface area contributed by atoms with Gasteiger partial charge < -0.3 is 15.7 Å². The molecule has 1 aromatic rings. The van der Waals surface area contributed by atoms with Gasteiger partial charge in [-0.25, -0.2) is 9.18 Å². The molecule has 0 spiro atoms. The second-order valence-corrected chi connectivity index (χ2v) is 5.26. The molecule has 0 atom stereocenters. The van der Waals surface area contributed by atoms with Gasteiger partial charge in [0, 0.05) is 0 Å². The Hall–Kier alpha value is -1.33. The monoisotopic (exact) mass is 286 g/mol. The van der Waals surface area contributed by atoms with Gasteiger partial charge in [-0.3, -0.25) is 0 Å². The minimum absolute atomic E-state index is 0.0857. The Labute approximate surface area is 116 Å². The summed E-state index contributed by atoms with van der Waals surface area (Å²) in [6, 6.07) is 3.31. The topological polar surface area (TPSA) is 61.4 Å². The third-order valence-corrected chi connectivity index (χ3v) is 3.73. The Kier molecular flexibility index (Phi) is 4.27. The molecule has 0 bridgehead atoms. The highest BCUT2D eigenvalue weighted by Gasteiger charge is 2.34. The van der Waals surface area contributed by atoms with Crippen molar-refractivity contribution < 1.29 is 14.3 Å². The molecule has 0 aliphatic heterocycles. The number of hydrogen-bond acceptors (Lipinski definition) is 2. The molecule has 0 unspecified atom stereocenters. The SMILES string of the molecule is O=C(Nc1ccc(F)cc1Cl)NC1(CO)CCCC1. The second-order valence-electron chi connectivity index (χ2n) is 4.85. The molecule has 2 amide bonds. The van der Waals surface area contributed by atoms with E-state index in [1.807, 2.05) is 0 Å². The Morgan fingerprint density at radius 1 is 1.42 bits per heavy atom. The molecule has 1 saturated carbocycles. The molecule has 2 rings (SSSR count). The van der Waals surface area contributed by atoms with Crippen LogP contribution in [0.25, 0.3) is 0 Å². The Balaban J connectivity index is 2.01. The number of urea groups is 1. The summed E-state index contributed by atoms with van der Waals surface area (Å²) in [5.74, 6) is -0.460. The average molecular weight is 287 g/mol. The van der Waals surface area contributed by atoms with Crippen LogP contribution in [0.1, 0.15) is 25.7 Å². The van der Waals surface area contributed by atoms with E-state index in [9.17, 15) is 14.3 Å². The van der Waals surface area contributed by atoms with Crippen molar-refractivity contribution in [1.82, 2.24) is 5.32 Å². The van der Waals surface area contributed by atoms with Crippen LogP contribution in [0.4, 0.5) is 14.9 Å². The number of anilines is 1. The standard InChI is InChI=1S/C13H16ClFN2O2/c14-10-7-9(15)3-4-11(10)16-12(19)17-13(8-18)5-1-2-6-13/h3-4,7,18H,1-2,5-6,8H2,(H2,16,17,19). The smallest absolute Gasteiger partial charge is 0.319 e. The third-order valence-electron chi connectivity index (χ3n) is 3.42. The fourth-order valence-corrected chi connectivity index (χ4v) is 2.57. The number of aliphatic hydroxyl groups is 1. The van der Waals surface area contributed by atoms with Gasteiger partial charge in [-0.15, -0.1) is 0 Å². The molecule has 3 N–H and O–H groups in total. The van der Waals surface area contributed by atoms with Crippen LogP contribution in [-0.4, -0.2) is 23.3 Å². The highest BCUT2D eigenvalue weighted by Crippen LogP contribution is 2.29. The van der Waals surface area contributed by atoms with Gasteiger partial charge in [-0.2, -0.15) is 0 Å². The van der Waals surface area contributed by atoms with Crippen LogP contribution in [0, 0.1) is 5.82 Å². The predicted octanol–water partition coefficient (Wildman–Crippen LogP) is 2.91. The molecular formula is C13H16ClFN2O2. The van der Waals surface area contributed by atoms with E-state index in [2.05, 4.69) is 10.6 Å². The van der Waals surface area contributed by atoms with Crippen LogP contribution in [0.5, 0.6) is 0 Å². The molecular weight excluding hydrogens is 271 g/mol. The van der Waals surface area contributed by atoms with Crippen LogP contribution in [0.15, 0.2) is 18.2 Å². The maximum atomic E-state index is 12.9. The van der Waals surface area contributed by atoms with Crippen LogP contribution in [0.3, 0.4) is 0 Å². The molecule has 6 heteroatoms. The first-order valence-electron chi connectivity index (χ1n) is 6.20. The lowest BCUT2D eigenvalue weighted by Gasteiger charge is -2.28. The fraction of sp³-hybridized carbons (Fsp3) is 0.462. The van der Waals surface area contributed by atoms with Gasteiger partial charge in [0.15, 0.2) is 0 Å². The zero-order valence-corrected chi connectivity index (χ0v) is 11.1. The molecule has 19 heavy (non-hydrogen) atoms. The van der Waals surface area contributed by atoms with E-state index in [0.717, 1.165) is 31.7 Å². The van der Waals surface area contributed by atoms with E-state index in [1.165, 1.54) is 12.1 Å². The van der Waals surface area contributed by atoms with Crippen LogP contribution in [-0.2, 0) is 0 Å². The molecule has 1 aliphatic carbocycles. The Morgan fingerprint density at radius 2 is 2.11 bits per heavy atom. The molecule has 1 aromatic carbocycles. The van der Waals surface area contributed by atoms with Gasteiger partial charge in [-0.1, -0.05) is 24.4 Å². The number of carbonyl (C=O) groups is 1. The van der Waals surface area contributed by atoms with Crippen molar-refractivity contribution in [2.45, 2.75) is 31.2 Å². The van der Waals surface area contributed by atoms with E-state index in [-0.39, 0.29) is 11.6 Å². The number of benzene rings is 1. The minimum atomic E-state index is -0.545. The zero-order valence-electron chi connectivity index (χ0n) is 10.4. The molecule has 0 saturated heterocycles. The third kappa shape index (κ3) is 3.36. The molecule has 1 aliphatic rings. The van der Waals surface area contributed by atoms with Crippen LogP contribution < -0.4 is 10.6 Å². The van der Waals surface area contributed by atoms with E-state index in [4.69, 9.17) is 11.6 Å². The Morgan fingerprint density at radius 3 is 2.68 bits per heavy atom. The van der Waals surface area contributed by atoms with E-state index in [1.54, 1.807) is 0 Å². The maximum Gasteiger partial charge on any atom is 0.319 e. The van der Waals surface area contributed by atoms with Crippen molar-refractivity contribution in [2.24, 2.45) is 0 Å². The normalized spacial score (nSPS) is 17.2. The van der Waals surface area contributed by atoms with Crippen molar-refractivity contribution >= 4 is 23.3 Å². The lowest BCUT2D eigenvalue weighted by molar-refractivity contribution is 0.167.